The lowest BCUT2D eigenvalue weighted by molar-refractivity contribution is 0.415. The summed E-state index contributed by atoms with van der Waals surface area (Å²) in [6.07, 6.45) is 1.85. The van der Waals surface area contributed by atoms with Crippen LogP contribution in [-0.2, 0) is 7.05 Å². The lowest BCUT2D eigenvalue weighted by atomic mass is 10.1. The molecule has 0 bridgehead atoms. The van der Waals surface area contributed by atoms with Crippen molar-refractivity contribution in [3.63, 3.8) is 0 Å². The summed E-state index contributed by atoms with van der Waals surface area (Å²) in [6.45, 7) is 0. The van der Waals surface area contributed by atoms with Gasteiger partial charge in [-0.2, -0.15) is 5.10 Å². The third-order valence-electron chi connectivity index (χ3n) is 4.06. The first-order valence-electron chi connectivity index (χ1n) is 7.40. The molecule has 0 saturated carbocycles. The van der Waals surface area contributed by atoms with E-state index < -0.39 is 0 Å². The molecule has 24 heavy (non-hydrogen) atoms. The molecule has 0 radical (unpaired) electrons. The molecule has 0 aliphatic carbocycles. The second-order valence-electron chi connectivity index (χ2n) is 5.57. The molecule has 120 valence electrons. The SMILES string of the molecule is COc1ccc(-n2c(=O)c3nn(C)cc3c3ccc(Cl)cc32)cc1. The summed E-state index contributed by atoms with van der Waals surface area (Å²) in [7, 11) is 3.41. The van der Waals surface area contributed by atoms with Gasteiger partial charge in [0.05, 0.1) is 12.6 Å². The van der Waals surface area contributed by atoms with Gasteiger partial charge in [0, 0.05) is 34.7 Å². The van der Waals surface area contributed by atoms with Gasteiger partial charge in [-0.05, 0) is 36.4 Å². The van der Waals surface area contributed by atoms with Gasteiger partial charge in [-0.15, -0.1) is 0 Å². The summed E-state index contributed by atoms with van der Waals surface area (Å²) in [5.74, 6) is 0.730. The molecule has 2 aromatic heterocycles. The number of methoxy groups -OCH3 is 1. The highest BCUT2D eigenvalue weighted by atomic mass is 35.5. The molecule has 0 aliphatic rings. The van der Waals surface area contributed by atoms with Crippen molar-refractivity contribution in [2.75, 3.05) is 7.11 Å². The number of aryl methyl sites for hydroxylation is 1. The minimum absolute atomic E-state index is 0.175. The van der Waals surface area contributed by atoms with Crippen LogP contribution >= 0.6 is 11.6 Å². The Morgan fingerprint density at radius 1 is 1.08 bits per heavy atom. The highest BCUT2D eigenvalue weighted by Gasteiger charge is 2.15. The molecule has 4 aromatic rings. The first-order valence-corrected chi connectivity index (χ1v) is 7.78. The highest BCUT2D eigenvalue weighted by molar-refractivity contribution is 6.31. The zero-order valence-corrected chi connectivity index (χ0v) is 13.9. The van der Waals surface area contributed by atoms with Crippen LogP contribution in [-0.4, -0.2) is 21.5 Å². The topological polar surface area (TPSA) is 49.1 Å². The number of benzene rings is 2. The Hall–Kier alpha value is -2.79. The van der Waals surface area contributed by atoms with Crippen LogP contribution in [0.25, 0.3) is 27.5 Å². The molecule has 6 heteroatoms. The minimum Gasteiger partial charge on any atom is -0.497 e. The van der Waals surface area contributed by atoms with Crippen molar-refractivity contribution >= 4 is 33.4 Å². The van der Waals surface area contributed by atoms with Crippen molar-refractivity contribution in [2.24, 2.45) is 7.05 Å². The Morgan fingerprint density at radius 3 is 2.54 bits per heavy atom. The smallest absolute Gasteiger partial charge is 0.283 e. The zero-order valence-electron chi connectivity index (χ0n) is 13.2. The van der Waals surface area contributed by atoms with Gasteiger partial charge < -0.3 is 4.74 Å². The number of rotatable bonds is 2. The summed E-state index contributed by atoms with van der Waals surface area (Å²) in [5.41, 5.74) is 1.74. The molecule has 0 aliphatic heterocycles. The Balaban J connectivity index is 2.16. The van der Waals surface area contributed by atoms with Crippen molar-refractivity contribution in [3.8, 4) is 11.4 Å². The molecular formula is C18H14ClN3O2. The molecule has 0 unspecified atom stereocenters. The van der Waals surface area contributed by atoms with Gasteiger partial charge in [0.25, 0.3) is 5.56 Å². The third-order valence-corrected chi connectivity index (χ3v) is 4.29. The molecule has 0 atom stereocenters. The first kappa shape index (κ1) is 14.8. The van der Waals surface area contributed by atoms with Crippen LogP contribution < -0.4 is 10.3 Å². The quantitative estimate of drug-likeness (QED) is 0.561. The number of ether oxygens (including phenoxy) is 1. The summed E-state index contributed by atoms with van der Waals surface area (Å²) in [6, 6.07) is 12.9. The number of nitrogens with zero attached hydrogens (tertiary/aromatic N) is 3. The standard InChI is InChI=1S/C18H14ClN3O2/c1-21-10-15-14-8-3-11(19)9-16(14)22(18(23)17(15)20-21)12-4-6-13(24-2)7-5-12/h3-10H,1-2H3. The average Bonchev–Trinajstić information content (AvgIpc) is 2.97. The van der Waals surface area contributed by atoms with Gasteiger partial charge >= 0.3 is 0 Å². The second-order valence-corrected chi connectivity index (χ2v) is 6.00. The van der Waals surface area contributed by atoms with E-state index in [1.165, 1.54) is 0 Å². The van der Waals surface area contributed by atoms with Crippen LogP contribution in [0.15, 0.2) is 53.5 Å². The summed E-state index contributed by atoms with van der Waals surface area (Å²) in [5, 5.41) is 6.65. The summed E-state index contributed by atoms with van der Waals surface area (Å²) >= 11 is 6.18. The minimum atomic E-state index is -0.175. The van der Waals surface area contributed by atoms with Crippen molar-refractivity contribution in [1.29, 1.82) is 0 Å². The van der Waals surface area contributed by atoms with Gasteiger partial charge in [0.15, 0.2) is 5.52 Å². The molecule has 4 rings (SSSR count). The molecule has 0 spiro atoms. The maximum absolute atomic E-state index is 13.0. The van der Waals surface area contributed by atoms with Crippen LogP contribution in [0.2, 0.25) is 5.02 Å². The number of aromatic nitrogens is 3. The van der Waals surface area contributed by atoms with Crippen molar-refractivity contribution in [3.05, 3.63) is 64.0 Å². The van der Waals surface area contributed by atoms with Gasteiger partial charge in [0.1, 0.15) is 5.75 Å². The summed E-state index contributed by atoms with van der Waals surface area (Å²) < 4.78 is 8.48. The van der Waals surface area contributed by atoms with E-state index in [0.717, 1.165) is 27.7 Å². The van der Waals surface area contributed by atoms with Gasteiger partial charge in [0.2, 0.25) is 0 Å². The lowest BCUT2D eigenvalue weighted by Gasteiger charge is -2.12. The molecule has 5 nitrogen and oxygen atoms in total. The maximum Gasteiger partial charge on any atom is 0.283 e. The monoisotopic (exact) mass is 339 g/mol. The third kappa shape index (κ3) is 2.17. The number of hydrogen-bond acceptors (Lipinski definition) is 3. The largest absolute Gasteiger partial charge is 0.497 e. The normalized spacial score (nSPS) is 11.3. The molecule has 2 aromatic carbocycles. The van der Waals surface area contributed by atoms with Gasteiger partial charge in [-0.3, -0.25) is 14.0 Å². The van der Waals surface area contributed by atoms with E-state index in [0.29, 0.717) is 10.5 Å². The average molecular weight is 340 g/mol. The molecule has 0 amide bonds. The number of fused-ring (bicyclic) bond motifs is 3. The highest BCUT2D eigenvalue weighted by Crippen LogP contribution is 2.27. The zero-order chi connectivity index (χ0) is 16.8. The van der Waals surface area contributed by atoms with Gasteiger partial charge in [-0.25, -0.2) is 0 Å². The molecule has 0 fully saturated rings. The molecule has 0 saturated heterocycles. The van der Waals surface area contributed by atoms with E-state index in [-0.39, 0.29) is 5.56 Å². The van der Waals surface area contributed by atoms with Crippen LogP contribution in [0.1, 0.15) is 0 Å². The Kier molecular flexibility index (Phi) is 3.32. The first-order chi connectivity index (χ1) is 11.6. The van der Waals surface area contributed by atoms with Crippen molar-refractivity contribution in [2.45, 2.75) is 0 Å². The second kappa shape index (κ2) is 5.39. The van der Waals surface area contributed by atoms with Crippen molar-refractivity contribution in [1.82, 2.24) is 14.3 Å². The van der Waals surface area contributed by atoms with E-state index in [4.69, 9.17) is 16.3 Å². The number of halogens is 1. The fraction of sp³-hybridized carbons (Fsp3) is 0.111. The van der Waals surface area contributed by atoms with E-state index in [9.17, 15) is 4.79 Å². The molecular weight excluding hydrogens is 326 g/mol. The molecule has 0 N–H and O–H groups in total. The fourth-order valence-corrected chi connectivity index (χ4v) is 3.13. The number of pyridine rings is 1. The lowest BCUT2D eigenvalue weighted by Crippen LogP contribution is -2.19. The van der Waals surface area contributed by atoms with E-state index >= 15 is 0 Å². The van der Waals surface area contributed by atoms with Crippen LogP contribution in [0, 0.1) is 0 Å². The Labute approximate surface area is 142 Å². The van der Waals surface area contributed by atoms with Crippen LogP contribution in [0.4, 0.5) is 0 Å². The van der Waals surface area contributed by atoms with Gasteiger partial charge in [-0.1, -0.05) is 17.7 Å². The predicted octanol–water partition coefficient (Wildman–Crippen LogP) is 3.54. The Bertz CT molecular complexity index is 1130. The maximum atomic E-state index is 13.0. The Morgan fingerprint density at radius 2 is 1.83 bits per heavy atom. The van der Waals surface area contributed by atoms with E-state index in [2.05, 4.69) is 5.10 Å². The fourth-order valence-electron chi connectivity index (χ4n) is 2.96. The number of hydrogen-bond donors (Lipinski definition) is 0. The molecule has 2 heterocycles. The van der Waals surface area contributed by atoms with Crippen LogP contribution in [0.3, 0.4) is 0 Å². The van der Waals surface area contributed by atoms with Crippen LogP contribution in [0.5, 0.6) is 5.75 Å². The van der Waals surface area contributed by atoms with E-state index in [1.54, 1.807) is 29.5 Å². The van der Waals surface area contributed by atoms with Crippen molar-refractivity contribution < 1.29 is 4.74 Å². The summed E-state index contributed by atoms with van der Waals surface area (Å²) in [4.78, 5) is 13.0. The van der Waals surface area contributed by atoms with E-state index in [1.807, 2.05) is 42.6 Å². The predicted molar refractivity (Wildman–Crippen MR) is 95.4 cm³/mol.